The zero-order valence-corrected chi connectivity index (χ0v) is 13.1. The van der Waals surface area contributed by atoms with Gasteiger partial charge in [-0.05, 0) is 19.1 Å². The summed E-state index contributed by atoms with van der Waals surface area (Å²) in [6.07, 6.45) is 0. The fourth-order valence-corrected chi connectivity index (χ4v) is 2.16. The molecule has 19 heavy (non-hydrogen) atoms. The monoisotopic (exact) mass is 305 g/mol. The third kappa shape index (κ3) is 6.00. The van der Waals surface area contributed by atoms with Gasteiger partial charge < -0.3 is 14.8 Å². The van der Waals surface area contributed by atoms with E-state index in [1.165, 1.54) is 0 Å². The van der Waals surface area contributed by atoms with Crippen LogP contribution in [0.2, 0.25) is 10.0 Å². The maximum absolute atomic E-state index is 6.18. The Balaban J connectivity index is 2.74. The van der Waals surface area contributed by atoms with Crippen LogP contribution in [0.1, 0.15) is 26.3 Å². The zero-order chi connectivity index (χ0) is 14.3. The predicted molar refractivity (Wildman–Crippen MR) is 80.4 cm³/mol. The Labute approximate surface area is 125 Å². The Bertz CT molecular complexity index is 397. The lowest BCUT2D eigenvalue weighted by molar-refractivity contribution is 0.110. The lowest BCUT2D eigenvalue weighted by atomic mass is 10.2. The normalized spacial score (nSPS) is 11.1. The van der Waals surface area contributed by atoms with E-state index in [4.69, 9.17) is 32.7 Å². The molecular weight excluding hydrogens is 285 g/mol. The van der Waals surface area contributed by atoms with Crippen LogP contribution in [-0.2, 0) is 11.3 Å². The molecule has 0 bridgehead atoms. The molecule has 1 aromatic rings. The molecule has 0 unspecified atom stereocenters. The van der Waals surface area contributed by atoms with Gasteiger partial charge in [0, 0.05) is 29.8 Å². The summed E-state index contributed by atoms with van der Waals surface area (Å²) in [5.74, 6) is 0.680. The summed E-state index contributed by atoms with van der Waals surface area (Å²) in [4.78, 5) is 0. The van der Waals surface area contributed by atoms with Crippen molar-refractivity contribution in [2.45, 2.75) is 33.4 Å². The van der Waals surface area contributed by atoms with E-state index in [1.807, 2.05) is 13.0 Å². The first-order valence-electron chi connectivity index (χ1n) is 6.46. The minimum atomic E-state index is 0.383. The van der Waals surface area contributed by atoms with Gasteiger partial charge in [-0.3, -0.25) is 0 Å². The summed E-state index contributed by atoms with van der Waals surface area (Å²) >= 11 is 12.2. The van der Waals surface area contributed by atoms with Gasteiger partial charge in [-0.2, -0.15) is 0 Å². The first kappa shape index (κ1) is 16.6. The fraction of sp³-hybridized carbons (Fsp3) is 0.571. The second-order valence-electron chi connectivity index (χ2n) is 4.46. The Morgan fingerprint density at radius 3 is 2.58 bits per heavy atom. The Morgan fingerprint density at radius 2 is 1.95 bits per heavy atom. The summed E-state index contributed by atoms with van der Waals surface area (Å²) in [5, 5.41) is 4.48. The molecule has 1 rings (SSSR count). The van der Waals surface area contributed by atoms with Gasteiger partial charge in [-0.25, -0.2) is 0 Å². The first-order chi connectivity index (χ1) is 9.04. The van der Waals surface area contributed by atoms with Crippen molar-refractivity contribution in [3.8, 4) is 5.75 Å². The van der Waals surface area contributed by atoms with Gasteiger partial charge in [0.1, 0.15) is 12.4 Å². The van der Waals surface area contributed by atoms with Crippen LogP contribution in [0, 0.1) is 0 Å². The molecule has 108 valence electrons. The predicted octanol–water partition coefficient (Wildman–Crippen LogP) is 3.91. The highest BCUT2D eigenvalue weighted by atomic mass is 35.5. The van der Waals surface area contributed by atoms with Gasteiger partial charge >= 0.3 is 0 Å². The number of halogens is 2. The third-order valence-corrected chi connectivity index (χ3v) is 2.96. The molecule has 1 N–H and O–H groups in total. The van der Waals surface area contributed by atoms with Crippen LogP contribution >= 0.6 is 23.2 Å². The van der Waals surface area contributed by atoms with Gasteiger partial charge in [0.2, 0.25) is 0 Å². The van der Waals surface area contributed by atoms with Crippen LogP contribution in [0.4, 0.5) is 0 Å². The molecule has 0 saturated carbocycles. The molecule has 0 heterocycles. The second-order valence-corrected chi connectivity index (χ2v) is 5.30. The summed E-state index contributed by atoms with van der Waals surface area (Å²) in [5.41, 5.74) is 0.961. The molecule has 0 saturated heterocycles. The highest BCUT2D eigenvalue weighted by Crippen LogP contribution is 2.32. The molecule has 5 heteroatoms. The summed E-state index contributed by atoms with van der Waals surface area (Å²) in [7, 11) is 0. The molecule has 0 spiro atoms. The summed E-state index contributed by atoms with van der Waals surface area (Å²) < 4.78 is 10.9. The first-order valence-corrected chi connectivity index (χ1v) is 7.22. The van der Waals surface area contributed by atoms with Crippen LogP contribution < -0.4 is 10.1 Å². The van der Waals surface area contributed by atoms with E-state index in [0.29, 0.717) is 48.2 Å². The van der Waals surface area contributed by atoms with Crippen molar-refractivity contribution in [3.63, 3.8) is 0 Å². The Morgan fingerprint density at radius 1 is 1.21 bits per heavy atom. The lowest BCUT2D eigenvalue weighted by Crippen LogP contribution is -2.22. The van der Waals surface area contributed by atoms with Crippen molar-refractivity contribution >= 4 is 23.2 Å². The van der Waals surface area contributed by atoms with Crippen LogP contribution in [0.15, 0.2) is 12.1 Å². The molecule has 0 aliphatic rings. The van der Waals surface area contributed by atoms with Crippen LogP contribution in [0.3, 0.4) is 0 Å². The van der Waals surface area contributed by atoms with Crippen LogP contribution in [0.25, 0.3) is 0 Å². The minimum absolute atomic E-state index is 0.383. The molecule has 1 aromatic carbocycles. The van der Waals surface area contributed by atoms with Crippen molar-refractivity contribution in [1.82, 2.24) is 5.32 Å². The maximum atomic E-state index is 6.18. The third-order valence-electron chi connectivity index (χ3n) is 2.46. The largest absolute Gasteiger partial charge is 0.489 e. The number of nitrogens with one attached hydrogen (secondary N) is 1. The smallest absolute Gasteiger partial charge is 0.142 e. The van der Waals surface area contributed by atoms with Crippen LogP contribution in [0.5, 0.6) is 5.75 Å². The molecule has 0 aromatic heterocycles. The Kier molecular flexibility index (Phi) is 7.54. The van der Waals surface area contributed by atoms with Gasteiger partial charge in [-0.1, -0.05) is 37.0 Å². The van der Waals surface area contributed by atoms with E-state index in [9.17, 15) is 0 Å². The topological polar surface area (TPSA) is 30.5 Å². The Hall–Kier alpha value is -0.480. The molecule has 0 atom stereocenters. The summed E-state index contributed by atoms with van der Waals surface area (Å²) in [6, 6.07) is 3.95. The zero-order valence-electron chi connectivity index (χ0n) is 11.6. The van der Waals surface area contributed by atoms with Crippen molar-refractivity contribution < 1.29 is 9.47 Å². The minimum Gasteiger partial charge on any atom is -0.489 e. The quantitative estimate of drug-likeness (QED) is 0.739. The van der Waals surface area contributed by atoms with Crippen molar-refractivity contribution in [3.05, 3.63) is 27.7 Å². The fourth-order valence-electron chi connectivity index (χ4n) is 1.57. The highest BCUT2D eigenvalue weighted by Gasteiger charge is 2.11. The van der Waals surface area contributed by atoms with Gasteiger partial charge in [-0.15, -0.1) is 0 Å². The standard InChI is InChI=1S/C14H21Cl2NO2/c1-4-18-5-6-19-14-11(9-17-10(2)3)7-12(15)8-13(14)16/h7-8,10,17H,4-6,9H2,1-3H3. The number of hydrogen-bond acceptors (Lipinski definition) is 3. The van der Waals surface area contributed by atoms with Gasteiger partial charge in [0.15, 0.2) is 0 Å². The van der Waals surface area contributed by atoms with E-state index >= 15 is 0 Å². The van der Waals surface area contributed by atoms with E-state index < -0.39 is 0 Å². The van der Waals surface area contributed by atoms with Gasteiger partial charge in [0.25, 0.3) is 0 Å². The number of ether oxygens (including phenoxy) is 2. The molecule has 0 fully saturated rings. The SMILES string of the molecule is CCOCCOc1c(Cl)cc(Cl)cc1CNC(C)C. The van der Waals surface area contributed by atoms with Crippen molar-refractivity contribution in [2.75, 3.05) is 19.8 Å². The average Bonchev–Trinajstić information content (AvgIpc) is 2.34. The molecule has 0 radical (unpaired) electrons. The summed E-state index contributed by atoms with van der Waals surface area (Å²) in [6.45, 7) is 8.49. The highest BCUT2D eigenvalue weighted by molar-refractivity contribution is 6.35. The molecule has 0 aliphatic heterocycles. The van der Waals surface area contributed by atoms with Crippen molar-refractivity contribution in [2.24, 2.45) is 0 Å². The molecule has 3 nitrogen and oxygen atoms in total. The average molecular weight is 306 g/mol. The van der Waals surface area contributed by atoms with Gasteiger partial charge in [0.05, 0.1) is 11.6 Å². The second kappa shape index (κ2) is 8.64. The van der Waals surface area contributed by atoms with Crippen LogP contribution in [-0.4, -0.2) is 25.9 Å². The maximum Gasteiger partial charge on any atom is 0.142 e. The molecule has 0 amide bonds. The molecular formula is C14H21Cl2NO2. The van der Waals surface area contributed by atoms with E-state index in [0.717, 1.165) is 5.56 Å². The van der Waals surface area contributed by atoms with E-state index in [-0.39, 0.29) is 0 Å². The number of benzene rings is 1. The number of rotatable bonds is 8. The molecule has 0 aliphatic carbocycles. The van der Waals surface area contributed by atoms with Crippen molar-refractivity contribution in [1.29, 1.82) is 0 Å². The van der Waals surface area contributed by atoms with E-state index in [1.54, 1.807) is 6.07 Å². The lowest BCUT2D eigenvalue weighted by Gasteiger charge is -2.15. The van der Waals surface area contributed by atoms with E-state index in [2.05, 4.69) is 19.2 Å². The number of hydrogen-bond donors (Lipinski definition) is 1.